The fourth-order valence-electron chi connectivity index (χ4n) is 1.95. The molecule has 0 radical (unpaired) electrons. The van der Waals surface area contributed by atoms with Gasteiger partial charge < -0.3 is 5.32 Å². The van der Waals surface area contributed by atoms with E-state index in [4.69, 9.17) is 0 Å². The van der Waals surface area contributed by atoms with Crippen molar-refractivity contribution in [2.24, 2.45) is 0 Å². The van der Waals surface area contributed by atoms with Gasteiger partial charge in [0.25, 0.3) is 0 Å². The van der Waals surface area contributed by atoms with Crippen molar-refractivity contribution in [2.75, 3.05) is 12.4 Å². The zero-order chi connectivity index (χ0) is 11.7. The monoisotopic (exact) mass is 224 g/mol. The summed E-state index contributed by atoms with van der Waals surface area (Å²) >= 11 is 0. The standard InChI is InChI=1S/C13H12N4/c1-14-13-11(3-2-6-15-13)9-4-5-12-10(7-9)8-16-17-12/h2-8H,1H3,(H,14,15)(H,16,17). The third-order valence-corrected chi connectivity index (χ3v) is 2.80. The molecule has 1 aromatic carbocycles. The minimum absolute atomic E-state index is 0.885. The van der Waals surface area contributed by atoms with Crippen molar-refractivity contribution in [1.29, 1.82) is 0 Å². The molecule has 0 amide bonds. The van der Waals surface area contributed by atoms with E-state index >= 15 is 0 Å². The van der Waals surface area contributed by atoms with Gasteiger partial charge >= 0.3 is 0 Å². The van der Waals surface area contributed by atoms with Crippen LogP contribution >= 0.6 is 0 Å². The summed E-state index contributed by atoms with van der Waals surface area (Å²) in [6, 6.07) is 10.2. The molecule has 0 aliphatic carbocycles. The van der Waals surface area contributed by atoms with Crippen LogP contribution in [0.3, 0.4) is 0 Å². The highest BCUT2D eigenvalue weighted by molar-refractivity contribution is 5.86. The molecule has 17 heavy (non-hydrogen) atoms. The average Bonchev–Trinajstić information content (AvgIpc) is 2.85. The van der Waals surface area contributed by atoms with E-state index in [2.05, 4.69) is 38.7 Å². The first-order valence-corrected chi connectivity index (χ1v) is 5.45. The minimum atomic E-state index is 0.885. The zero-order valence-electron chi connectivity index (χ0n) is 9.44. The molecule has 0 fully saturated rings. The second-order valence-electron chi connectivity index (χ2n) is 3.82. The molecule has 0 saturated heterocycles. The zero-order valence-corrected chi connectivity index (χ0v) is 9.44. The van der Waals surface area contributed by atoms with Crippen molar-refractivity contribution >= 4 is 16.7 Å². The number of hydrogen-bond donors (Lipinski definition) is 2. The summed E-state index contributed by atoms with van der Waals surface area (Å²) < 4.78 is 0. The van der Waals surface area contributed by atoms with E-state index in [1.54, 1.807) is 6.20 Å². The summed E-state index contributed by atoms with van der Waals surface area (Å²) in [6.07, 6.45) is 3.61. The van der Waals surface area contributed by atoms with Gasteiger partial charge in [0.2, 0.25) is 0 Å². The number of pyridine rings is 1. The highest BCUT2D eigenvalue weighted by Crippen LogP contribution is 2.27. The number of rotatable bonds is 2. The first-order valence-electron chi connectivity index (χ1n) is 5.45. The molecule has 0 saturated carbocycles. The van der Waals surface area contributed by atoms with Gasteiger partial charge in [-0.1, -0.05) is 6.07 Å². The Hall–Kier alpha value is -2.36. The lowest BCUT2D eigenvalue weighted by Gasteiger charge is -2.07. The number of H-pyrrole nitrogens is 1. The van der Waals surface area contributed by atoms with Crippen LogP contribution in [0.4, 0.5) is 5.82 Å². The maximum Gasteiger partial charge on any atom is 0.133 e. The summed E-state index contributed by atoms with van der Waals surface area (Å²) in [5.41, 5.74) is 3.28. The van der Waals surface area contributed by atoms with Crippen LogP contribution in [0.1, 0.15) is 0 Å². The highest BCUT2D eigenvalue weighted by Gasteiger charge is 2.05. The Balaban J connectivity index is 2.19. The van der Waals surface area contributed by atoms with Crippen molar-refractivity contribution in [2.45, 2.75) is 0 Å². The second kappa shape index (κ2) is 3.90. The highest BCUT2D eigenvalue weighted by atomic mass is 15.1. The molecule has 0 bridgehead atoms. The average molecular weight is 224 g/mol. The quantitative estimate of drug-likeness (QED) is 0.703. The van der Waals surface area contributed by atoms with Crippen molar-refractivity contribution in [3.63, 3.8) is 0 Å². The van der Waals surface area contributed by atoms with Gasteiger partial charge in [0.05, 0.1) is 11.7 Å². The molecule has 2 heterocycles. The molecule has 0 unspecified atom stereocenters. The van der Waals surface area contributed by atoms with Crippen LogP contribution in [0.2, 0.25) is 0 Å². The Morgan fingerprint density at radius 3 is 3.06 bits per heavy atom. The van der Waals surface area contributed by atoms with E-state index in [0.717, 1.165) is 27.8 Å². The molecule has 0 aliphatic heterocycles. The van der Waals surface area contributed by atoms with Crippen LogP contribution in [0.25, 0.3) is 22.0 Å². The Morgan fingerprint density at radius 1 is 1.24 bits per heavy atom. The van der Waals surface area contributed by atoms with Gasteiger partial charge in [0.15, 0.2) is 0 Å². The molecule has 3 rings (SSSR count). The molecule has 3 aromatic rings. The lowest BCUT2D eigenvalue weighted by atomic mass is 10.0. The van der Waals surface area contributed by atoms with Crippen LogP contribution in [0.5, 0.6) is 0 Å². The van der Waals surface area contributed by atoms with E-state index in [1.165, 1.54) is 0 Å². The molecule has 2 N–H and O–H groups in total. The first-order chi connectivity index (χ1) is 8.38. The fourth-order valence-corrected chi connectivity index (χ4v) is 1.95. The van der Waals surface area contributed by atoms with Gasteiger partial charge in [-0.2, -0.15) is 5.10 Å². The minimum Gasteiger partial charge on any atom is -0.373 e. The van der Waals surface area contributed by atoms with Crippen molar-refractivity contribution < 1.29 is 0 Å². The maximum absolute atomic E-state index is 4.31. The predicted molar refractivity (Wildman–Crippen MR) is 68.9 cm³/mol. The molecule has 2 aromatic heterocycles. The Morgan fingerprint density at radius 2 is 2.18 bits per heavy atom. The first kappa shape index (κ1) is 9.84. The molecule has 0 spiro atoms. The molecule has 0 aliphatic rings. The summed E-state index contributed by atoms with van der Waals surface area (Å²) in [5, 5.41) is 11.2. The van der Waals surface area contributed by atoms with Crippen molar-refractivity contribution in [3.05, 3.63) is 42.7 Å². The largest absolute Gasteiger partial charge is 0.373 e. The fraction of sp³-hybridized carbons (Fsp3) is 0.0769. The molecule has 84 valence electrons. The third-order valence-electron chi connectivity index (χ3n) is 2.80. The smallest absolute Gasteiger partial charge is 0.133 e. The van der Waals surface area contributed by atoms with E-state index < -0.39 is 0 Å². The van der Waals surface area contributed by atoms with Gasteiger partial charge in [-0.3, -0.25) is 5.10 Å². The second-order valence-corrected chi connectivity index (χ2v) is 3.82. The number of aromatic amines is 1. The van der Waals surface area contributed by atoms with Crippen LogP contribution in [-0.4, -0.2) is 22.2 Å². The van der Waals surface area contributed by atoms with Gasteiger partial charge in [0, 0.05) is 24.2 Å². The molecule has 4 nitrogen and oxygen atoms in total. The van der Waals surface area contributed by atoms with Gasteiger partial charge in [-0.15, -0.1) is 0 Å². The SMILES string of the molecule is CNc1ncccc1-c1ccc2[nH]ncc2c1. The molecule has 4 heteroatoms. The molecule has 0 atom stereocenters. The maximum atomic E-state index is 4.31. The van der Waals surface area contributed by atoms with Crippen LogP contribution in [-0.2, 0) is 0 Å². The van der Waals surface area contributed by atoms with E-state index in [1.807, 2.05) is 25.4 Å². The van der Waals surface area contributed by atoms with Crippen molar-refractivity contribution in [3.8, 4) is 11.1 Å². The Labute approximate surface area is 98.7 Å². The number of anilines is 1. The number of fused-ring (bicyclic) bond motifs is 1. The van der Waals surface area contributed by atoms with E-state index in [0.29, 0.717) is 0 Å². The number of nitrogens with one attached hydrogen (secondary N) is 2. The Kier molecular flexibility index (Phi) is 2.26. The number of benzene rings is 1. The summed E-state index contributed by atoms with van der Waals surface area (Å²) in [7, 11) is 1.88. The normalized spacial score (nSPS) is 10.6. The number of nitrogens with zero attached hydrogens (tertiary/aromatic N) is 2. The summed E-state index contributed by atoms with van der Waals surface area (Å²) in [6.45, 7) is 0. The van der Waals surface area contributed by atoms with Gasteiger partial charge in [0.1, 0.15) is 5.82 Å². The van der Waals surface area contributed by atoms with E-state index in [9.17, 15) is 0 Å². The third kappa shape index (κ3) is 1.63. The lowest BCUT2D eigenvalue weighted by Crippen LogP contribution is -1.94. The number of hydrogen-bond acceptors (Lipinski definition) is 3. The Bertz CT molecular complexity index is 657. The van der Waals surface area contributed by atoms with Crippen LogP contribution in [0.15, 0.2) is 42.7 Å². The summed E-state index contributed by atoms with van der Waals surface area (Å²) in [5.74, 6) is 0.885. The predicted octanol–water partition coefficient (Wildman–Crippen LogP) is 2.67. The van der Waals surface area contributed by atoms with E-state index in [-0.39, 0.29) is 0 Å². The number of aromatic nitrogens is 3. The lowest BCUT2D eigenvalue weighted by molar-refractivity contribution is 1.12. The topological polar surface area (TPSA) is 53.6 Å². The van der Waals surface area contributed by atoms with Crippen molar-refractivity contribution in [1.82, 2.24) is 15.2 Å². The van der Waals surface area contributed by atoms with Gasteiger partial charge in [-0.25, -0.2) is 4.98 Å². The van der Waals surface area contributed by atoms with Crippen LogP contribution < -0.4 is 5.32 Å². The van der Waals surface area contributed by atoms with Crippen LogP contribution in [0, 0.1) is 0 Å². The molecular formula is C13H12N4. The molecular weight excluding hydrogens is 212 g/mol. The summed E-state index contributed by atoms with van der Waals surface area (Å²) in [4.78, 5) is 4.31. The van der Waals surface area contributed by atoms with Gasteiger partial charge in [-0.05, 0) is 29.8 Å².